The number of aromatic nitrogens is 3. The van der Waals surface area contributed by atoms with Crippen molar-refractivity contribution in [2.75, 3.05) is 6.54 Å². The quantitative estimate of drug-likeness (QED) is 0.737. The minimum atomic E-state index is 0.0509. The Morgan fingerprint density at radius 2 is 2.43 bits per heavy atom. The van der Waals surface area contributed by atoms with Gasteiger partial charge in [0.15, 0.2) is 0 Å². The third-order valence-corrected chi connectivity index (χ3v) is 2.52. The highest BCUT2D eigenvalue weighted by atomic mass is 16.2. The summed E-state index contributed by atoms with van der Waals surface area (Å²) in [5, 5.41) is 7.49. The highest BCUT2D eigenvalue weighted by Crippen LogP contribution is 1.98. The smallest absolute Gasteiger partial charge is 0.308 e. The van der Waals surface area contributed by atoms with Crippen molar-refractivity contribution < 1.29 is 0 Å². The number of aryl methyl sites for hydroxylation is 1. The number of hydrogen-bond acceptors (Lipinski definition) is 3. The fourth-order valence-electron chi connectivity index (χ4n) is 1.69. The van der Waals surface area contributed by atoms with Crippen LogP contribution in [0.4, 0.5) is 0 Å². The Kier molecular flexibility index (Phi) is 2.67. The number of hydrogen-bond donors (Lipinski definition) is 1. The standard InChI is InChI=1S/C9H16N4O/c1-2-3-5-13-9(14)12-6-4-10-7-8(12)11-13/h10H,2-7H2,1H3. The van der Waals surface area contributed by atoms with Gasteiger partial charge >= 0.3 is 5.69 Å². The molecular formula is C9H16N4O. The molecule has 0 unspecified atom stereocenters. The Balaban J connectivity index is 2.25. The summed E-state index contributed by atoms with van der Waals surface area (Å²) in [7, 11) is 0. The monoisotopic (exact) mass is 196 g/mol. The molecule has 5 nitrogen and oxygen atoms in total. The molecule has 0 fully saturated rings. The SMILES string of the molecule is CCCCn1nc2n(c1=O)CCNC2. The normalized spacial score (nSPS) is 15.5. The number of fused-ring (bicyclic) bond motifs is 1. The van der Waals surface area contributed by atoms with Crippen molar-refractivity contribution in [3.05, 3.63) is 16.3 Å². The van der Waals surface area contributed by atoms with Gasteiger partial charge in [0.1, 0.15) is 5.82 Å². The van der Waals surface area contributed by atoms with E-state index in [9.17, 15) is 4.79 Å². The topological polar surface area (TPSA) is 51.9 Å². The van der Waals surface area contributed by atoms with Crippen molar-refractivity contribution in [2.24, 2.45) is 0 Å². The lowest BCUT2D eigenvalue weighted by Crippen LogP contribution is -2.34. The van der Waals surface area contributed by atoms with Crippen LogP contribution in [0.5, 0.6) is 0 Å². The first kappa shape index (κ1) is 9.45. The van der Waals surface area contributed by atoms with E-state index in [0.29, 0.717) is 6.54 Å². The van der Waals surface area contributed by atoms with Crippen molar-refractivity contribution in [2.45, 2.75) is 39.4 Å². The zero-order valence-corrected chi connectivity index (χ0v) is 8.49. The molecule has 0 saturated heterocycles. The zero-order chi connectivity index (χ0) is 9.97. The Hall–Kier alpha value is -1.10. The first-order valence-electron chi connectivity index (χ1n) is 5.20. The van der Waals surface area contributed by atoms with E-state index in [1.165, 1.54) is 0 Å². The Morgan fingerprint density at radius 1 is 1.57 bits per heavy atom. The third kappa shape index (κ3) is 1.59. The van der Waals surface area contributed by atoms with Crippen LogP contribution in [0.2, 0.25) is 0 Å². The van der Waals surface area contributed by atoms with E-state index < -0.39 is 0 Å². The molecule has 0 bridgehead atoms. The Morgan fingerprint density at radius 3 is 3.14 bits per heavy atom. The van der Waals surface area contributed by atoms with Gasteiger partial charge in [0, 0.05) is 19.6 Å². The lowest BCUT2D eigenvalue weighted by Gasteiger charge is -2.11. The Bertz CT molecular complexity index is 365. The fourth-order valence-corrected chi connectivity index (χ4v) is 1.69. The summed E-state index contributed by atoms with van der Waals surface area (Å²) in [6.45, 7) is 5.19. The van der Waals surface area contributed by atoms with Crippen molar-refractivity contribution in [1.29, 1.82) is 0 Å². The lowest BCUT2D eigenvalue weighted by atomic mass is 10.3. The number of nitrogens with zero attached hydrogens (tertiary/aromatic N) is 3. The molecule has 1 N–H and O–H groups in total. The van der Waals surface area contributed by atoms with Gasteiger partial charge in [-0.3, -0.25) is 4.57 Å². The molecule has 0 radical (unpaired) electrons. The van der Waals surface area contributed by atoms with E-state index >= 15 is 0 Å². The van der Waals surface area contributed by atoms with Crippen LogP contribution in [0.3, 0.4) is 0 Å². The highest BCUT2D eigenvalue weighted by molar-refractivity contribution is 4.90. The van der Waals surface area contributed by atoms with Crippen LogP contribution in [0.15, 0.2) is 4.79 Å². The van der Waals surface area contributed by atoms with Crippen molar-refractivity contribution >= 4 is 0 Å². The molecule has 2 rings (SSSR count). The summed E-state index contributed by atoms with van der Waals surface area (Å²) in [4.78, 5) is 11.8. The fraction of sp³-hybridized carbons (Fsp3) is 0.778. The van der Waals surface area contributed by atoms with E-state index in [-0.39, 0.29) is 5.69 Å². The van der Waals surface area contributed by atoms with Crippen molar-refractivity contribution in [3.8, 4) is 0 Å². The average molecular weight is 196 g/mol. The molecule has 1 aromatic heterocycles. The summed E-state index contributed by atoms with van der Waals surface area (Å²) >= 11 is 0. The lowest BCUT2D eigenvalue weighted by molar-refractivity contribution is 0.496. The minimum Gasteiger partial charge on any atom is -0.308 e. The molecule has 5 heteroatoms. The first-order valence-corrected chi connectivity index (χ1v) is 5.20. The molecule has 2 heterocycles. The van der Waals surface area contributed by atoms with Crippen LogP contribution in [0.1, 0.15) is 25.6 Å². The van der Waals surface area contributed by atoms with Gasteiger partial charge in [-0.25, -0.2) is 9.48 Å². The second-order valence-electron chi connectivity index (χ2n) is 3.60. The van der Waals surface area contributed by atoms with Gasteiger partial charge in [0.25, 0.3) is 0 Å². The maximum atomic E-state index is 11.8. The molecule has 0 amide bonds. The summed E-state index contributed by atoms with van der Waals surface area (Å²) < 4.78 is 3.36. The van der Waals surface area contributed by atoms with Gasteiger partial charge in [-0.15, -0.1) is 0 Å². The van der Waals surface area contributed by atoms with E-state index in [1.54, 1.807) is 9.25 Å². The maximum Gasteiger partial charge on any atom is 0.345 e. The number of unbranched alkanes of at least 4 members (excludes halogenated alkanes) is 1. The van der Waals surface area contributed by atoms with E-state index in [0.717, 1.165) is 38.3 Å². The van der Waals surface area contributed by atoms with Crippen LogP contribution in [-0.4, -0.2) is 20.9 Å². The third-order valence-electron chi connectivity index (χ3n) is 2.52. The van der Waals surface area contributed by atoms with Crippen LogP contribution in [-0.2, 0) is 19.6 Å². The minimum absolute atomic E-state index is 0.0509. The summed E-state index contributed by atoms with van der Waals surface area (Å²) in [5.74, 6) is 0.873. The van der Waals surface area contributed by atoms with E-state index in [2.05, 4.69) is 17.3 Å². The molecule has 0 atom stereocenters. The number of nitrogens with one attached hydrogen (secondary N) is 1. The summed E-state index contributed by atoms with van der Waals surface area (Å²) in [5.41, 5.74) is 0.0509. The predicted molar refractivity (Wildman–Crippen MR) is 53.1 cm³/mol. The Labute approximate surface area is 82.7 Å². The van der Waals surface area contributed by atoms with Crippen molar-refractivity contribution in [1.82, 2.24) is 19.7 Å². The van der Waals surface area contributed by atoms with Crippen LogP contribution in [0, 0.1) is 0 Å². The molecule has 0 aromatic carbocycles. The van der Waals surface area contributed by atoms with Gasteiger partial charge in [-0.2, -0.15) is 5.10 Å². The van der Waals surface area contributed by atoms with Gasteiger partial charge in [0.2, 0.25) is 0 Å². The first-order chi connectivity index (χ1) is 6.83. The van der Waals surface area contributed by atoms with Crippen LogP contribution >= 0.6 is 0 Å². The van der Waals surface area contributed by atoms with Gasteiger partial charge in [-0.05, 0) is 6.42 Å². The largest absolute Gasteiger partial charge is 0.345 e. The molecule has 1 aromatic rings. The molecule has 14 heavy (non-hydrogen) atoms. The molecular weight excluding hydrogens is 180 g/mol. The second-order valence-corrected chi connectivity index (χ2v) is 3.60. The van der Waals surface area contributed by atoms with Crippen LogP contribution in [0.25, 0.3) is 0 Å². The molecule has 0 saturated carbocycles. The van der Waals surface area contributed by atoms with E-state index in [1.807, 2.05) is 0 Å². The van der Waals surface area contributed by atoms with Gasteiger partial charge in [-0.1, -0.05) is 13.3 Å². The molecule has 0 aliphatic carbocycles. The van der Waals surface area contributed by atoms with E-state index in [4.69, 9.17) is 0 Å². The molecule has 78 valence electrons. The molecule has 1 aliphatic rings. The summed E-state index contributed by atoms with van der Waals surface area (Å²) in [6.07, 6.45) is 2.11. The second kappa shape index (κ2) is 3.96. The highest BCUT2D eigenvalue weighted by Gasteiger charge is 2.15. The van der Waals surface area contributed by atoms with Crippen LogP contribution < -0.4 is 11.0 Å². The maximum absolute atomic E-state index is 11.8. The zero-order valence-electron chi connectivity index (χ0n) is 8.49. The summed E-state index contributed by atoms with van der Waals surface area (Å²) in [6, 6.07) is 0. The average Bonchev–Trinajstić information content (AvgIpc) is 2.54. The predicted octanol–water partition coefficient (Wildman–Crippen LogP) is -0.0519. The van der Waals surface area contributed by atoms with Gasteiger partial charge < -0.3 is 5.32 Å². The number of rotatable bonds is 3. The molecule has 1 aliphatic heterocycles. The molecule has 0 spiro atoms. The van der Waals surface area contributed by atoms with Gasteiger partial charge in [0.05, 0.1) is 6.54 Å². The van der Waals surface area contributed by atoms with Crippen molar-refractivity contribution in [3.63, 3.8) is 0 Å².